The summed E-state index contributed by atoms with van der Waals surface area (Å²) in [6.45, 7) is 13.0. The molecular weight excluding hydrogens is 170 g/mol. The van der Waals surface area contributed by atoms with Gasteiger partial charge in [-0.2, -0.15) is 0 Å². The summed E-state index contributed by atoms with van der Waals surface area (Å²) in [5.41, 5.74) is 4.50. The second-order valence-electron chi connectivity index (χ2n) is 3.06. The van der Waals surface area contributed by atoms with E-state index in [1.165, 1.54) is 45.6 Å². The van der Waals surface area contributed by atoms with Crippen LogP contribution in [0.3, 0.4) is 0 Å². The Bertz CT molecular complexity index is 32.2. The molecule has 0 heterocycles. The fourth-order valence-electron chi connectivity index (χ4n) is 0.354. The zero-order valence-electron chi connectivity index (χ0n) is 11.8. The molecule has 0 rings (SSSR count). The van der Waals surface area contributed by atoms with Crippen LogP contribution in [0.15, 0.2) is 0 Å². The van der Waals surface area contributed by atoms with Crippen molar-refractivity contribution in [3.05, 3.63) is 0 Å². The molecule has 92 valence electrons. The third-order valence-electron chi connectivity index (χ3n) is 1.21. The first-order valence-electron chi connectivity index (χ1n) is 6.32. The highest BCUT2D eigenvalue weighted by atomic mass is 14.4. The van der Waals surface area contributed by atoms with E-state index in [-0.39, 0.29) is 0 Å². The van der Waals surface area contributed by atoms with Crippen molar-refractivity contribution in [1.29, 1.82) is 0 Å². The van der Waals surface area contributed by atoms with Crippen molar-refractivity contribution in [3.63, 3.8) is 0 Å². The highest BCUT2D eigenvalue weighted by Gasteiger charge is 1.68. The maximum absolute atomic E-state index is 4.50. The van der Waals surface area contributed by atoms with Crippen LogP contribution in [-0.4, -0.2) is 7.05 Å². The lowest BCUT2D eigenvalue weighted by Gasteiger charge is -1.79. The number of hydrogen-bond acceptors (Lipinski definition) is 1. The number of nitrogens with two attached hydrogens (primary N) is 1. The van der Waals surface area contributed by atoms with Crippen molar-refractivity contribution < 1.29 is 0 Å². The lowest BCUT2D eigenvalue weighted by Crippen LogP contribution is -1.69. The van der Waals surface area contributed by atoms with E-state index in [0.29, 0.717) is 0 Å². The maximum atomic E-state index is 4.50. The van der Waals surface area contributed by atoms with Gasteiger partial charge < -0.3 is 5.73 Å². The van der Waals surface area contributed by atoms with E-state index in [1.807, 2.05) is 0 Å². The molecule has 0 aromatic heterocycles. The Morgan fingerprint density at radius 3 is 0.786 bits per heavy atom. The standard InChI is InChI=1S/C5H12.C4H10.C3H8.CH5N/c1-3-5-4-2;1-3-4-2;1-3-2;1-2/h3-5H2,1-2H3;3-4H2,1-2H3;3H2,1-2H3;2H2,1H3. The van der Waals surface area contributed by atoms with E-state index < -0.39 is 0 Å². The average molecular weight is 205 g/mol. The minimum Gasteiger partial charge on any atom is -0.333 e. The molecule has 0 aromatic carbocycles. The largest absolute Gasteiger partial charge is 0.333 e. The normalized spacial score (nSPS) is 6.86. The third-order valence-corrected chi connectivity index (χ3v) is 1.21. The first kappa shape index (κ1) is 23.6. The quantitative estimate of drug-likeness (QED) is 0.690. The summed E-state index contributed by atoms with van der Waals surface area (Å²) in [6.07, 6.45) is 7.97. The topological polar surface area (TPSA) is 26.0 Å². The predicted molar refractivity (Wildman–Crippen MR) is 71.9 cm³/mol. The van der Waals surface area contributed by atoms with Gasteiger partial charge in [-0.25, -0.2) is 0 Å². The summed E-state index contributed by atoms with van der Waals surface area (Å²) < 4.78 is 0. The molecule has 0 saturated heterocycles. The van der Waals surface area contributed by atoms with Gasteiger partial charge >= 0.3 is 0 Å². The maximum Gasteiger partial charge on any atom is -0.0195 e. The van der Waals surface area contributed by atoms with Gasteiger partial charge in [0.15, 0.2) is 0 Å². The van der Waals surface area contributed by atoms with E-state index in [0.717, 1.165) is 0 Å². The highest BCUT2D eigenvalue weighted by Crippen LogP contribution is 1.88. The van der Waals surface area contributed by atoms with Crippen molar-refractivity contribution in [2.45, 2.75) is 80.1 Å². The summed E-state index contributed by atoms with van der Waals surface area (Å²) in [4.78, 5) is 0. The van der Waals surface area contributed by atoms with E-state index in [9.17, 15) is 0 Å². The molecular formula is C13H35N. The molecule has 0 fully saturated rings. The molecule has 0 aliphatic carbocycles. The number of rotatable bonds is 3. The molecule has 1 nitrogen and oxygen atoms in total. The van der Waals surface area contributed by atoms with Crippen LogP contribution in [0.4, 0.5) is 0 Å². The third kappa shape index (κ3) is 164. The first-order valence-corrected chi connectivity index (χ1v) is 6.32. The van der Waals surface area contributed by atoms with Crippen LogP contribution in [0.5, 0.6) is 0 Å². The Kier molecular flexibility index (Phi) is 88.1. The zero-order valence-corrected chi connectivity index (χ0v) is 11.8. The van der Waals surface area contributed by atoms with Gasteiger partial charge in [0.1, 0.15) is 0 Å². The Morgan fingerprint density at radius 1 is 0.571 bits per heavy atom. The van der Waals surface area contributed by atoms with Crippen molar-refractivity contribution in [1.82, 2.24) is 0 Å². The summed E-state index contributed by atoms with van der Waals surface area (Å²) in [6, 6.07) is 0. The van der Waals surface area contributed by atoms with Crippen molar-refractivity contribution in [2.24, 2.45) is 5.73 Å². The van der Waals surface area contributed by atoms with Crippen molar-refractivity contribution in [2.75, 3.05) is 7.05 Å². The van der Waals surface area contributed by atoms with Crippen LogP contribution >= 0.6 is 0 Å². The van der Waals surface area contributed by atoms with Gasteiger partial charge in [0, 0.05) is 0 Å². The summed E-state index contributed by atoms with van der Waals surface area (Å²) in [5, 5.41) is 0. The predicted octanol–water partition coefficient (Wildman–Crippen LogP) is 4.99. The monoisotopic (exact) mass is 205 g/mol. The molecule has 0 unspecified atom stereocenters. The van der Waals surface area contributed by atoms with Crippen molar-refractivity contribution >= 4 is 0 Å². The molecule has 0 aliphatic heterocycles. The Hall–Kier alpha value is -0.0400. The van der Waals surface area contributed by atoms with Crippen LogP contribution in [0.25, 0.3) is 0 Å². The lowest BCUT2D eigenvalue weighted by molar-refractivity contribution is 0.772. The molecule has 0 saturated carbocycles. The minimum atomic E-state index is 1.25. The van der Waals surface area contributed by atoms with Gasteiger partial charge in [0.25, 0.3) is 0 Å². The Balaban J connectivity index is -0.0000000505. The van der Waals surface area contributed by atoms with Crippen LogP contribution < -0.4 is 5.73 Å². The summed E-state index contributed by atoms with van der Waals surface area (Å²) >= 11 is 0. The van der Waals surface area contributed by atoms with E-state index in [4.69, 9.17) is 0 Å². The lowest BCUT2D eigenvalue weighted by atomic mass is 10.3. The smallest absolute Gasteiger partial charge is 0.0195 e. The first-order chi connectivity index (χ1) is 6.74. The highest BCUT2D eigenvalue weighted by molar-refractivity contribution is 4.24. The molecule has 0 aliphatic rings. The van der Waals surface area contributed by atoms with Crippen LogP contribution in [0, 0.1) is 0 Å². The van der Waals surface area contributed by atoms with Crippen LogP contribution in [-0.2, 0) is 0 Å². The SMILES string of the molecule is CCC.CCCC.CCCCC.CN. The average Bonchev–Trinajstić information content (AvgIpc) is 2.24. The molecule has 0 atom stereocenters. The van der Waals surface area contributed by atoms with Crippen molar-refractivity contribution in [3.8, 4) is 0 Å². The van der Waals surface area contributed by atoms with Crippen LogP contribution in [0.1, 0.15) is 80.1 Å². The molecule has 0 aromatic rings. The van der Waals surface area contributed by atoms with Gasteiger partial charge in [-0.1, -0.05) is 80.1 Å². The Morgan fingerprint density at radius 2 is 0.786 bits per heavy atom. The molecule has 0 radical (unpaired) electrons. The molecule has 0 spiro atoms. The van der Waals surface area contributed by atoms with Gasteiger partial charge in [0.05, 0.1) is 0 Å². The fraction of sp³-hybridized carbons (Fsp3) is 1.00. The van der Waals surface area contributed by atoms with Gasteiger partial charge in [-0.15, -0.1) is 0 Å². The molecule has 14 heavy (non-hydrogen) atoms. The zero-order chi connectivity index (χ0) is 12.2. The van der Waals surface area contributed by atoms with Gasteiger partial charge in [-0.05, 0) is 7.05 Å². The number of hydrogen-bond donors (Lipinski definition) is 1. The van der Waals surface area contributed by atoms with E-state index in [1.54, 1.807) is 0 Å². The minimum absolute atomic E-state index is 1.25. The molecule has 0 bridgehead atoms. The Labute approximate surface area is 93.5 Å². The van der Waals surface area contributed by atoms with E-state index >= 15 is 0 Å². The second-order valence-corrected chi connectivity index (χ2v) is 3.06. The van der Waals surface area contributed by atoms with Gasteiger partial charge in [-0.3, -0.25) is 0 Å². The number of unbranched alkanes of at least 4 members (excludes halogenated alkanes) is 3. The van der Waals surface area contributed by atoms with Crippen LogP contribution in [0.2, 0.25) is 0 Å². The second kappa shape index (κ2) is 52.2. The molecule has 1 heteroatoms. The molecule has 0 amide bonds. The van der Waals surface area contributed by atoms with E-state index in [2.05, 4.69) is 47.3 Å². The molecule has 2 N–H and O–H groups in total. The summed E-state index contributed by atoms with van der Waals surface area (Å²) in [7, 11) is 1.50. The van der Waals surface area contributed by atoms with Gasteiger partial charge in [0.2, 0.25) is 0 Å². The summed E-state index contributed by atoms with van der Waals surface area (Å²) in [5.74, 6) is 0. The fourth-order valence-corrected chi connectivity index (χ4v) is 0.354.